The Morgan fingerprint density at radius 1 is 1.24 bits per heavy atom. The highest BCUT2D eigenvalue weighted by molar-refractivity contribution is 7.11. The van der Waals surface area contributed by atoms with Gasteiger partial charge >= 0.3 is 0 Å². The molecule has 4 N–H and O–H groups in total. The molecule has 194 valence electrons. The molecule has 0 aliphatic carbocycles. The molecule has 0 bridgehead atoms. The summed E-state index contributed by atoms with van der Waals surface area (Å²) in [5.74, 6) is 0.210. The van der Waals surface area contributed by atoms with Gasteiger partial charge in [0.25, 0.3) is 5.91 Å². The second kappa shape index (κ2) is 9.84. The van der Waals surface area contributed by atoms with Crippen LogP contribution in [0.4, 0.5) is 10.7 Å². The van der Waals surface area contributed by atoms with Crippen LogP contribution in [0.3, 0.4) is 0 Å². The quantitative estimate of drug-likeness (QED) is 0.172. The van der Waals surface area contributed by atoms with E-state index in [0.29, 0.717) is 44.7 Å². The van der Waals surface area contributed by atoms with Crippen molar-refractivity contribution in [2.75, 3.05) is 5.32 Å². The minimum atomic E-state index is -0.463. The molecule has 0 unspecified atom stereocenters. The maximum atomic E-state index is 13.6. The van der Waals surface area contributed by atoms with Crippen molar-refractivity contribution in [2.45, 2.75) is 33.7 Å². The van der Waals surface area contributed by atoms with Crippen molar-refractivity contribution in [2.24, 2.45) is 0 Å². The third-order valence-electron chi connectivity index (χ3n) is 5.48. The number of aromatic nitrogens is 6. The number of carbonyl (C=O) groups is 1. The molecule has 0 aromatic carbocycles. The lowest BCUT2D eigenvalue weighted by atomic mass is 10.2. The second-order valence-corrected chi connectivity index (χ2v) is 9.89. The topological polar surface area (TPSA) is 168 Å². The molecule has 0 saturated carbocycles. The maximum Gasteiger partial charge on any atom is 0.283 e. The molecule has 5 aromatic heterocycles. The Bertz CT molecular complexity index is 1690. The van der Waals surface area contributed by atoms with Crippen LogP contribution < -0.4 is 10.6 Å². The summed E-state index contributed by atoms with van der Waals surface area (Å²) in [6, 6.07) is 3.33. The molecule has 0 amide bonds. The van der Waals surface area contributed by atoms with E-state index in [1.54, 1.807) is 32.2 Å². The minimum absolute atomic E-state index is 0.00910. The van der Waals surface area contributed by atoms with Crippen LogP contribution in [0.25, 0.3) is 22.5 Å². The fraction of sp³-hybridized carbons (Fsp3) is 0.208. The third kappa shape index (κ3) is 4.57. The molecular weight excluding hydrogens is 530 g/mol. The SMILES string of the molecule is Cc1nc(-c2cnco2)c2cc(C)n(C(=O)c3ncc(Nc4snc(O)c4C(=N)NC(C)C)cc3Cl)c2n1. The summed E-state index contributed by atoms with van der Waals surface area (Å²) in [6.07, 6.45) is 4.31. The van der Waals surface area contributed by atoms with E-state index >= 15 is 0 Å². The van der Waals surface area contributed by atoms with Crippen LogP contribution in [-0.4, -0.2) is 51.8 Å². The molecule has 5 aromatic rings. The van der Waals surface area contributed by atoms with Crippen LogP contribution in [0.15, 0.2) is 35.3 Å². The Kier molecular flexibility index (Phi) is 6.55. The maximum absolute atomic E-state index is 13.6. The van der Waals surface area contributed by atoms with Gasteiger partial charge in [0, 0.05) is 17.1 Å². The average Bonchev–Trinajstić information content (AvgIpc) is 3.57. The molecule has 14 heteroatoms. The average molecular weight is 552 g/mol. The highest BCUT2D eigenvalue weighted by Gasteiger charge is 2.24. The number of aryl methyl sites for hydroxylation is 2. The Balaban J connectivity index is 1.48. The van der Waals surface area contributed by atoms with E-state index in [1.165, 1.54) is 17.2 Å². The van der Waals surface area contributed by atoms with Gasteiger partial charge in [0.15, 0.2) is 17.8 Å². The molecule has 0 aliphatic rings. The van der Waals surface area contributed by atoms with Crippen molar-refractivity contribution < 1.29 is 14.3 Å². The molecule has 0 aliphatic heterocycles. The number of aromatic hydroxyl groups is 1. The van der Waals surface area contributed by atoms with E-state index < -0.39 is 5.91 Å². The molecule has 0 fully saturated rings. The van der Waals surface area contributed by atoms with Crippen molar-refractivity contribution in [3.63, 3.8) is 0 Å². The zero-order chi connectivity index (χ0) is 27.1. The van der Waals surface area contributed by atoms with E-state index in [-0.39, 0.29) is 34.0 Å². The predicted molar refractivity (Wildman–Crippen MR) is 144 cm³/mol. The van der Waals surface area contributed by atoms with E-state index in [0.717, 1.165) is 11.5 Å². The normalized spacial score (nSPS) is 11.3. The van der Waals surface area contributed by atoms with Crippen molar-refractivity contribution in [3.8, 4) is 17.3 Å². The predicted octanol–water partition coefficient (Wildman–Crippen LogP) is 4.67. The summed E-state index contributed by atoms with van der Waals surface area (Å²) >= 11 is 7.51. The van der Waals surface area contributed by atoms with E-state index in [4.69, 9.17) is 21.4 Å². The first-order valence-corrected chi connectivity index (χ1v) is 12.6. The van der Waals surface area contributed by atoms with Crippen molar-refractivity contribution in [3.05, 3.63) is 58.7 Å². The third-order valence-corrected chi connectivity index (χ3v) is 6.52. The zero-order valence-electron chi connectivity index (χ0n) is 20.7. The molecule has 5 rings (SSSR count). The Morgan fingerprint density at radius 2 is 2.03 bits per heavy atom. The molecule has 0 saturated heterocycles. The van der Waals surface area contributed by atoms with Crippen LogP contribution in [0.5, 0.6) is 5.88 Å². The van der Waals surface area contributed by atoms with E-state index in [1.807, 2.05) is 13.8 Å². The van der Waals surface area contributed by atoms with Gasteiger partial charge < -0.3 is 20.2 Å². The molecule has 5 heterocycles. The lowest BCUT2D eigenvalue weighted by Crippen LogP contribution is -2.30. The van der Waals surface area contributed by atoms with Gasteiger partial charge in [-0.3, -0.25) is 14.8 Å². The fourth-order valence-corrected chi connectivity index (χ4v) is 4.91. The van der Waals surface area contributed by atoms with Gasteiger partial charge in [-0.05, 0) is 51.4 Å². The summed E-state index contributed by atoms with van der Waals surface area (Å²) in [6.45, 7) is 7.27. The lowest BCUT2D eigenvalue weighted by Gasteiger charge is -2.13. The summed E-state index contributed by atoms with van der Waals surface area (Å²) in [5, 5.41) is 25.6. The number of hydrogen-bond donors (Lipinski definition) is 4. The zero-order valence-corrected chi connectivity index (χ0v) is 22.3. The monoisotopic (exact) mass is 551 g/mol. The van der Waals surface area contributed by atoms with Crippen molar-refractivity contribution in [1.82, 2.24) is 34.2 Å². The minimum Gasteiger partial charge on any atom is -0.492 e. The van der Waals surface area contributed by atoms with Crippen LogP contribution >= 0.6 is 23.1 Å². The number of fused-ring (bicyclic) bond motifs is 1. The van der Waals surface area contributed by atoms with Gasteiger partial charge in [-0.25, -0.2) is 19.9 Å². The van der Waals surface area contributed by atoms with Crippen LogP contribution in [0, 0.1) is 19.3 Å². The van der Waals surface area contributed by atoms with Gasteiger partial charge in [-0.15, -0.1) is 0 Å². The number of hydrogen-bond acceptors (Lipinski definition) is 11. The number of rotatable bonds is 6. The van der Waals surface area contributed by atoms with Crippen molar-refractivity contribution >= 4 is 56.6 Å². The number of amidine groups is 1. The summed E-state index contributed by atoms with van der Waals surface area (Å²) < 4.78 is 10.8. The van der Waals surface area contributed by atoms with Gasteiger partial charge in [-0.2, -0.15) is 4.37 Å². The van der Waals surface area contributed by atoms with Gasteiger partial charge in [-0.1, -0.05) is 11.6 Å². The first-order valence-electron chi connectivity index (χ1n) is 11.4. The lowest BCUT2D eigenvalue weighted by molar-refractivity contribution is 0.0958. The van der Waals surface area contributed by atoms with Gasteiger partial charge in [0.1, 0.15) is 33.6 Å². The summed E-state index contributed by atoms with van der Waals surface area (Å²) in [4.78, 5) is 30.9. The first kappa shape index (κ1) is 25.3. The van der Waals surface area contributed by atoms with Crippen LogP contribution in [-0.2, 0) is 0 Å². The highest BCUT2D eigenvalue weighted by atomic mass is 35.5. The van der Waals surface area contributed by atoms with E-state index in [2.05, 4.69) is 34.9 Å². The number of anilines is 2. The first-order chi connectivity index (χ1) is 18.1. The Morgan fingerprint density at radius 3 is 2.71 bits per heavy atom. The summed E-state index contributed by atoms with van der Waals surface area (Å²) in [7, 11) is 0. The number of nitrogens with zero attached hydrogens (tertiary/aromatic N) is 6. The number of oxazole rings is 1. The largest absolute Gasteiger partial charge is 0.492 e. The Hall–Kier alpha value is -4.36. The molecular formula is C24H22ClN9O3S. The molecule has 0 radical (unpaired) electrons. The highest BCUT2D eigenvalue weighted by Crippen LogP contribution is 2.34. The number of nitrogens with one attached hydrogen (secondary N) is 3. The molecule has 38 heavy (non-hydrogen) atoms. The van der Waals surface area contributed by atoms with E-state index in [9.17, 15) is 9.90 Å². The fourth-order valence-electron chi connectivity index (χ4n) is 3.94. The standard InChI is InChI=1S/C24H22ClN9O3S/c1-10(2)29-20(26)17-22(35)33-38-23(17)32-13-6-15(25)19(28-7-13)24(36)34-11(3)5-14-18(16-8-27-9-37-16)30-12(4)31-21(14)34/h5-10,32H,1-4H3,(H2,26,29)(H,33,35). The Labute approximate surface area is 225 Å². The summed E-state index contributed by atoms with van der Waals surface area (Å²) in [5.41, 5.74) is 2.25. The molecule has 12 nitrogen and oxygen atoms in total. The van der Waals surface area contributed by atoms with Crippen LogP contribution in [0.1, 0.15) is 41.4 Å². The second-order valence-electron chi connectivity index (χ2n) is 8.71. The molecule has 0 atom stereocenters. The van der Waals surface area contributed by atoms with Crippen LogP contribution in [0.2, 0.25) is 5.02 Å². The van der Waals surface area contributed by atoms with Gasteiger partial charge in [0.2, 0.25) is 5.88 Å². The van der Waals surface area contributed by atoms with Gasteiger partial charge in [0.05, 0.1) is 23.1 Å². The van der Waals surface area contributed by atoms with Crippen molar-refractivity contribution in [1.29, 1.82) is 5.41 Å². The smallest absolute Gasteiger partial charge is 0.283 e. The number of halogens is 1. The number of pyridine rings is 1. The number of carbonyl (C=O) groups excluding carboxylic acids is 1. The molecule has 0 spiro atoms.